The summed E-state index contributed by atoms with van der Waals surface area (Å²) >= 11 is 0. The maximum absolute atomic E-state index is 12.9. The Morgan fingerprint density at radius 2 is 1.96 bits per heavy atom. The number of para-hydroxylation sites is 1. The molecule has 2 aromatic rings. The standard InChI is InChI=1S/C22H28N2O2/c1-5-22(6-2)14-18(21(25)26-7-3)24-17-11-9-8-10-15(17)16-12-13-23(4)20(22)19(16)24/h8-11,14,20H,5-7,12-13H2,1-4H3/t20-/m1/s1. The first kappa shape index (κ1) is 17.3. The average Bonchev–Trinajstić information content (AvgIpc) is 3.00. The van der Waals surface area contributed by atoms with Gasteiger partial charge in [0, 0.05) is 23.0 Å². The molecule has 0 saturated heterocycles. The van der Waals surface area contributed by atoms with Gasteiger partial charge in [0.2, 0.25) is 0 Å². The molecule has 4 heteroatoms. The number of hydrogen-bond acceptors (Lipinski definition) is 3. The van der Waals surface area contributed by atoms with Gasteiger partial charge in [0.1, 0.15) is 5.70 Å². The van der Waals surface area contributed by atoms with Gasteiger partial charge in [-0.3, -0.25) is 4.90 Å². The highest BCUT2D eigenvalue weighted by Crippen LogP contribution is 2.54. The fraction of sp³-hybridized carbons (Fsp3) is 0.500. The topological polar surface area (TPSA) is 34.5 Å². The molecule has 0 fully saturated rings. The lowest BCUT2D eigenvalue weighted by atomic mass is 9.69. The Morgan fingerprint density at radius 1 is 1.23 bits per heavy atom. The highest BCUT2D eigenvalue weighted by Gasteiger charge is 2.47. The molecule has 1 aromatic heterocycles. The Kier molecular flexibility index (Phi) is 4.19. The summed E-state index contributed by atoms with van der Waals surface area (Å²) < 4.78 is 7.64. The Balaban J connectivity index is 2.08. The van der Waals surface area contributed by atoms with Crippen molar-refractivity contribution in [3.8, 4) is 0 Å². The first-order chi connectivity index (χ1) is 12.6. The van der Waals surface area contributed by atoms with Crippen LogP contribution in [0.2, 0.25) is 0 Å². The Hall–Kier alpha value is -2.07. The quantitative estimate of drug-likeness (QED) is 0.765. The number of esters is 1. The monoisotopic (exact) mass is 352 g/mol. The van der Waals surface area contributed by atoms with E-state index in [1.54, 1.807) is 0 Å². The smallest absolute Gasteiger partial charge is 0.354 e. The number of aromatic nitrogens is 1. The summed E-state index contributed by atoms with van der Waals surface area (Å²) in [6, 6.07) is 8.77. The number of carbonyl (C=O) groups excluding carboxylic acids is 1. The predicted molar refractivity (Wildman–Crippen MR) is 105 cm³/mol. The minimum absolute atomic E-state index is 0.0452. The summed E-state index contributed by atoms with van der Waals surface area (Å²) in [7, 11) is 2.22. The third-order valence-corrected chi connectivity index (χ3v) is 6.45. The van der Waals surface area contributed by atoms with E-state index in [0.717, 1.165) is 31.3 Å². The Bertz CT molecular complexity index is 889. The van der Waals surface area contributed by atoms with Crippen LogP contribution in [-0.2, 0) is 16.0 Å². The van der Waals surface area contributed by atoms with Gasteiger partial charge in [-0.25, -0.2) is 4.79 Å². The maximum atomic E-state index is 12.9. The molecule has 0 aliphatic carbocycles. The van der Waals surface area contributed by atoms with Gasteiger partial charge in [-0.05, 0) is 50.9 Å². The molecule has 0 radical (unpaired) electrons. The van der Waals surface area contributed by atoms with E-state index < -0.39 is 0 Å². The minimum atomic E-state index is -0.214. The van der Waals surface area contributed by atoms with Crippen LogP contribution in [0.5, 0.6) is 0 Å². The lowest BCUT2D eigenvalue weighted by Gasteiger charge is -2.48. The molecule has 2 aliphatic heterocycles. The second-order valence-electron chi connectivity index (χ2n) is 7.54. The highest BCUT2D eigenvalue weighted by atomic mass is 16.5. The lowest BCUT2D eigenvalue weighted by molar-refractivity contribution is -0.136. The van der Waals surface area contributed by atoms with Gasteiger partial charge in [0.05, 0.1) is 18.2 Å². The highest BCUT2D eigenvalue weighted by molar-refractivity contribution is 6.13. The van der Waals surface area contributed by atoms with Crippen molar-refractivity contribution >= 4 is 22.6 Å². The molecular weight excluding hydrogens is 324 g/mol. The lowest BCUT2D eigenvalue weighted by Crippen LogP contribution is -2.45. The largest absolute Gasteiger partial charge is 0.461 e. The zero-order valence-corrected chi connectivity index (χ0v) is 16.2. The van der Waals surface area contributed by atoms with E-state index in [4.69, 9.17) is 4.74 Å². The molecule has 4 nitrogen and oxygen atoms in total. The van der Waals surface area contributed by atoms with Crippen molar-refractivity contribution in [1.29, 1.82) is 0 Å². The number of nitrogens with zero attached hydrogens (tertiary/aromatic N) is 2. The molecule has 1 atom stereocenters. The third kappa shape index (κ3) is 2.21. The van der Waals surface area contributed by atoms with Crippen LogP contribution in [0.3, 0.4) is 0 Å². The SMILES string of the molecule is CCOC(=O)C1=CC(CC)(CC)[C@H]2c3c(c4ccccc4n31)CCN2C. The number of ether oxygens (including phenoxy) is 1. The number of hydrogen-bond donors (Lipinski definition) is 0. The van der Waals surface area contributed by atoms with Crippen LogP contribution < -0.4 is 0 Å². The van der Waals surface area contributed by atoms with Gasteiger partial charge < -0.3 is 9.30 Å². The van der Waals surface area contributed by atoms with Gasteiger partial charge in [-0.15, -0.1) is 0 Å². The molecule has 1 aromatic carbocycles. The molecule has 26 heavy (non-hydrogen) atoms. The van der Waals surface area contributed by atoms with Crippen molar-refractivity contribution in [2.45, 2.75) is 46.1 Å². The van der Waals surface area contributed by atoms with Crippen molar-refractivity contribution in [3.63, 3.8) is 0 Å². The van der Waals surface area contributed by atoms with Crippen LogP contribution >= 0.6 is 0 Å². The molecule has 138 valence electrons. The van der Waals surface area contributed by atoms with Crippen LogP contribution in [0.25, 0.3) is 16.6 Å². The molecule has 0 N–H and O–H groups in total. The van der Waals surface area contributed by atoms with E-state index in [1.165, 1.54) is 16.6 Å². The second-order valence-corrected chi connectivity index (χ2v) is 7.54. The van der Waals surface area contributed by atoms with E-state index in [1.807, 2.05) is 6.92 Å². The number of likely N-dealkylation sites (N-methyl/N-ethyl adjacent to an activating group) is 1. The van der Waals surface area contributed by atoms with E-state index >= 15 is 0 Å². The summed E-state index contributed by atoms with van der Waals surface area (Å²) in [4.78, 5) is 15.4. The molecule has 0 spiro atoms. The van der Waals surface area contributed by atoms with Crippen LogP contribution in [-0.4, -0.2) is 35.6 Å². The van der Waals surface area contributed by atoms with E-state index in [0.29, 0.717) is 18.3 Å². The molecule has 0 saturated carbocycles. The normalized spacial score (nSPS) is 21.4. The van der Waals surface area contributed by atoms with E-state index in [2.05, 4.69) is 60.7 Å². The summed E-state index contributed by atoms with van der Waals surface area (Å²) in [5.74, 6) is -0.214. The zero-order valence-electron chi connectivity index (χ0n) is 16.2. The van der Waals surface area contributed by atoms with Crippen molar-refractivity contribution in [3.05, 3.63) is 41.6 Å². The molecule has 4 rings (SSSR count). The fourth-order valence-corrected chi connectivity index (χ4v) is 5.09. The molecule has 0 amide bonds. The fourth-order valence-electron chi connectivity index (χ4n) is 5.09. The minimum Gasteiger partial charge on any atom is -0.461 e. The van der Waals surface area contributed by atoms with Gasteiger partial charge in [-0.2, -0.15) is 0 Å². The zero-order chi connectivity index (χ0) is 18.5. The van der Waals surface area contributed by atoms with E-state index in [-0.39, 0.29) is 11.4 Å². The van der Waals surface area contributed by atoms with Gasteiger partial charge in [0.25, 0.3) is 0 Å². The number of benzene rings is 1. The van der Waals surface area contributed by atoms with Gasteiger partial charge in [0.15, 0.2) is 0 Å². The third-order valence-electron chi connectivity index (χ3n) is 6.45. The van der Waals surface area contributed by atoms with Crippen molar-refractivity contribution in [2.75, 3.05) is 20.2 Å². The van der Waals surface area contributed by atoms with Gasteiger partial charge in [-0.1, -0.05) is 32.0 Å². The summed E-state index contributed by atoms with van der Waals surface area (Å²) in [5, 5.41) is 1.28. The first-order valence-electron chi connectivity index (χ1n) is 9.80. The van der Waals surface area contributed by atoms with Crippen molar-refractivity contribution < 1.29 is 9.53 Å². The number of carbonyl (C=O) groups is 1. The molecule has 2 aliphatic rings. The van der Waals surface area contributed by atoms with Crippen LogP contribution in [0.1, 0.15) is 50.9 Å². The summed E-state index contributed by atoms with van der Waals surface area (Å²) in [6.45, 7) is 7.79. The van der Waals surface area contributed by atoms with Gasteiger partial charge >= 0.3 is 5.97 Å². The first-order valence-corrected chi connectivity index (χ1v) is 9.80. The van der Waals surface area contributed by atoms with E-state index in [9.17, 15) is 4.79 Å². The summed E-state index contributed by atoms with van der Waals surface area (Å²) in [5.41, 5.74) is 4.48. The van der Waals surface area contributed by atoms with Crippen molar-refractivity contribution in [1.82, 2.24) is 9.47 Å². The number of fused-ring (bicyclic) bond motifs is 3. The predicted octanol–water partition coefficient (Wildman–Crippen LogP) is 4.39. The molecule has 0 unspecified atom stereocenters. The number of rotatable bonds is 4. The molecule has 3 heterocycles. The van der Waals surface area contributed by atoms with Crippen LogP contribution in [0.4, 0.5) is 0 Å². The van der Waals surface area contributed by atoms with Crippen LogP contribution in [0.15, 0.2) is 30.3 Å². The Labute approximate surface area is 155 Å². The molecular formula is C22H28N2O2. The Morgan fingerprint density at radius 3 is 2.65 bits per heavy atom. The summed E-state index contributed by atoms with van der Waals surface area (Å²) in [6.07, 6.45) is 5.24. The maximum Gasteiger partial charge on any atom is 0.354 e. The van der Waals surface area contributed by atoms with Crippen molar-refractivity contribution in [2.24, 2.45) is 5.41 Å². The average molecular weight is 352 g/mol. The molecule has 0 bridgehead atoms. The van der Waals surface area contributed by atoms with Crippen LogP contribution in [0, 0.1) is 5.41 Å². The second kappa shape index (κ2) is 6.27.